The smallest absolute Gasteiger partial charge is 0.216 e. The van der Waals surface area contributed by atoms with E-state index in [0.717, 1.165) is 32.1 Å². The Balaban J connectivity index is 2.08. The van der Waals surface area contributed by atoms with Gasteiger partial charge in [0.05, 0.1) is 12.1 Å². The van der Waals surface area contributed by atoms with Crippen molar-refractivity contribution in [3.8, 4) is 0 Å². The Morgan fingerprint density at radius 3 is 2.64 bits per heavy atom. The van der Waals surface area contributed by atoms with Crippen LogP contribution in [-0.4, -0.2) is 17.9 Å². The first-order valence-electron chi connectivity index (χ1n) is 5.39. The van der Waals surface area contributed by atoms with E-state index < -0.39 is 5.54 Å². The molecule has 0 spiro atoms. The lowest BCUT2D eigenvalue weighted by molar-refractivity contribution is -0.124. The second kappa shape index (κ2) is 3.73. The van der Waals surface area contributed by atoms with Crippen LogP contribution in [-0.2, 0) is 9.53 Å². The topological polar surface area (TPSA) is 52.3 Å². The molecule has 0 bridgehead atoms. The molecule has 2 N–H and O–H groups in total. The molecule has 0 radical (unpaired) electrons. The van der Waals surface area contributed by atoms with E-state index in [4.69, 9.17) is 10.5 Å². The highest BCUT2D eigenvalue weighted by atomic mass is 16.5. The summed E-state index contributed by atoms with van der Waals surface area (Å²) < 4.78 is 5.26. The summed E-state index contributed by atoms with van der Waals surface area (Å²) >= 11 is 0. The van der Waals surface area contributed by atoms with Crippen molar-refractivity contribution in [1.82, 2.24) is 0 Å². The van der Waals surface area contributed by atoms with Crippen LogP contribution in [0.1, 0.15) is 38.5 Å². The van der Waals surface area contributed by atoms with Gasteiger partial charge in [-0.2, -0.15) is 0 Å². The van der Waals surface area contributed by atoms with Gasteiger partial charge < -0.3 is 10.5 Å². The van der Waals surface area contributed by atoms with Gasteiger partial charge in [0.15, 0.2) is 5.76 Å². The monoisotopic (exact) mass is 195 g/mol. The van der Waals surface area contributed by atoms with E-state index in [1.54, 1.807) is 0 Å². The molecular weight excluding hydrogens is 178 g/mol. The average molecular weight is 195 g/mol. The average Bonchev–Trinajstić information content (AvgIpc) is 2.70. The van der Waals surface area contributed by atoms with Crippen molar-refractivity contribution in [1.29, 1.82) is 0 Å². The number of nitrogens with two attached hydrogens (primary N) is 1. The molecule has 0 aromatic carbocycles. The van der Waals surface area contributed by atoms with Gasteiger partial charge in [0.2, 0.25) is 5.78 Å². The Morgan fingerprint density at radius 1 is 1.36 bits per heavy atom. The van der Waals surface area contributed by atoms with E-state index in [0.29, 0.717) is 12.4 Å². The first kappa shape index (κ1) is 9.71. The maximum Gasteiger partial charge on any atom is 0.216 e. The number of ketones is 1. The maximum atomic E-state index is 12.0. The van der Waals surface area contributed by atoms with E-state index in [1.807, 2.05) is 6.08 Å². The fourth-order valence-electron chi connectivity index (χ4n) is 2.23. The second-order valence-electron chi connectivity index (χ2n) is 4.25. The summed E-state index contributed by atoms with van der Waals surface area (Å²) in [5.74, 6) is 0.532. The number of Topliss-reactive ketones (excluding diaryl/α,β-unsaturated/α-hetero) is 1. The first-order valence-corrected chi connectivity index (χ1v) is 5.39. The molecule has 0 saturated heterocycles. The molecule has 3 heteroatoms. The van der Waals surface area contributed by atoms with Crippen LogP contribution in [0.2, 0.25) is 0 Å². The molecule has 78 valence electrons. The molecule has 0 aromatic rings. The van der Waals surface area contributed by atoms with Crippen LogP contribution in [0, 0.1) is 0 Å². The van der Waals surface area contributed by atoms with Gasteiger partial charge >= 0.3 is 0 Å². The zero-order valence-electron chi connectivity index (χ0n) is 8.42. The predicted octanol–water partition coefficient (Wildman–Crippen LogP) is 1.52. The number of ether oxygens (including phenoxy) is 1. The van der Waals surface area contributed by atoms with E-state index in [9.17, 15) is 4.79 Å². The highest BCUT2D eigenvalue weighted by Gasteiger charge is 2.38. The molecule has 1 saturated carbocycles. The number of hydrogen-bond donors (Lipinski definition) is 1. The van der Waals surface area contributed by atoms with E-state index in [2.05, 4.69) is 0 Å². The van der Waals surface area contributed by atoms with E-state index in [1.165, 1.54) is 6.42 Å². The third kappa shape index (κ3) is 1.69. The van der Waals surface area contributed by atoms with Gasteiger partial charge in [0, 0.05) is 6.42 Å². The van der Waals surface area contributed by atoms with Crippen LogP contribution in [0.4, 0.5) is 0 Å². The Labute approximate surface area is 84.3 Å². The Hall–Kier alpha value is -0.830. The van der Waals surface area contributed by atoms with Gasteiger partial charge in [-0.3, -0.25) is 4.79 Å². The van der Waals surface area contributed by atoms with Crippen molar-refractivity contribution >= 4 is 5.78 Å². The largest absolute Gasteiger partial charge is 0.490 e. The van der Waals surface area contributed by atoms with Gasteiger partial charge in [-0.15, -0.1) is 0 Å². The van der Waals surface area contributed by atoms with E-state index >= 15 is 0 Å². The van der Waals surface area contributed by atoms with Crippen LogP contribution in [0.25, 0.3) is 0 Å². The highest BCUT2D eigenvalue weighted by Crippen LogP contribution is 2.30. The summed E-state index contributed by atoms with van der Waals surface area (Å²) in [6.45, 7) is 0.636. The maximum absolute atomic E-state index is 12.0. The third-order valence-electron chi connectivity index (χ3n) is 3.13. The lowest BCUT2D eigenvalue weighted by atomic mass is 9.79. The Morgan fingerprint density at radius 2 is 2.07 bits per heavy atom. The van der Waals surface area contributed by atoms with Crippen LogP contribution in [0.3, 0.4) is 0 Å². The van der Waals surface area contributed by atoms with Crippen LogP contribution in [0.15, 0.2) is 11.8 Å². The number of rotatable bonds is 2. The number of hydrogen-bond acceptors (Lipinski definition) is 3. The standard InChI is InChI=1S/C11H17NO2/c12-11(6-2-1-3-7-11)10(13)9-5-4-8-14-9/h5H,1-4,6-8,12H2. The minimum atomic E-state index is -0.631. The predicted molar refractivity (Wildman–Crippen MR) is 53.7 cm³/mol. The van der Waals surface area contributed by atoms with Gasteiger partial charge in [0.1, 0.15) is 0 Å². The van der Waals surface area contributed by atoms with Crippen molar-refractivity contribution in [3.05, 3.63) is 11.8 Å². The van der Waals surface area contributed by atoms with Crippen molar-refractivity contribution < 1.29 is 9.53 Å². The summed E-state index contributed by atoms with van der Waals surface area (Å²) in [5, 5.41) is 0. The molecule has 0 atom stereocenters. The van der Waals surface area contributed by atoms with Gasteiger partial charge in [-0.05, 0) is 18.9 Å². The number of carbonyl (C=O) groups excluding carboxylic acids is 1. The number of carbonyl (C=O) groups is 1. The Kier molecular flexibility index (Phi) is 2.59. The minimum Gasteiger partial charge on any atom is -0.490 e. The van der Waals surface area contributed by atoms with E-state index in [-0.39, 0.29) is 5.78 Å². The van der Waals surface area contributed by atoms with Crippen LogP contribution < -0.4 is 5.73 Å². The molecular formula is C11H17NO2. The SMILES string of the molecule is NC1(C(=O)C2=CCCO2)CCCCC1. The molecule has 0 amide bonds. The van der Waals surface area contributed by atoms with Crippen molar-refractivity contribution in [2.75, 3.05) is 6.61 Å². The fraction of sp³-hybridized carbons (Fsp3) is 0.727. The molecule has 1 aliphatic carbocycles. The molecule has 0 aromatic heterocycles. The lowest BCUT2D eigenvalue weighted by Crippen LogP contribution is -2.50. The Bertz CT molecular complexity index is 264. The summed E-state index contributed by atoms with van der Waals surface area (Å²) in [7, 11) is 0. The summed E-state index contributed by atoms with van der Waals surface area (Å²) in [6.07, 6.45) is 7.67. The van der Waals surface area contributed by atoms with Crippen molar-refractivity contribution in [2.24, 2.45) is 5.73 Å². The second-order valence-corrected chi connectivity index (χ2v) is 4.25. The molecule has 2 rings (SSSR count). The molecule has 14 heavy (non-hydrogen) atoms. The van der Waals surface area contributed by atoms with Gasteiger partial charge in [-0.1, -0.05) is 19.3 Å². The molecule has 1 aliphatic heterocycles. The zero-order valence-corrected chi connectivity index (χ0v) is 8.42. The lowest BCUT2D eigenvalue weighted by Gasteiger charge is -2.31. The normalized spacial score (nSPS) is 25.4. The summed E-state index contributed by atoms with van der Waals surface area (Å²) in [5.41, 5.74) is 5.48. The fourth-order valence-corrected chi connectivity index (χ4v) is 2.23. The minimum absolute atomic E-state index is 0.0229. The van der Waals surface area contributed by atoms with Gasteiger partial charge in [0.25, 0.3) is 0 Å². The quantitative estimate of drug-likeness (QED) is 0.726. The van der Waals surface area contributed by atoms with Gasteiger partial charge in [-0.25, -0.2) is 0 Å². The zero-order chi connectivity index (χ0) is 10.0. The molecule has 3 nitrogen and oxygen atoms in total. The molecule has 1 fully saturated rings. The highest BCUT2D eigenvalue weighted by molar-refractivity contribution is 6.01. The first-order chi connectivity index (χ1) is 6.72. The third-order valence-corrected chi connectivity index (χ3v) is 3.13. The summed E-state index contributed by atoms with van der Waals surface area (Å²) in [6, 6.07) is 0. The van der Waals surface area contributed by atoms with Crippen molar-refractivity contribution in [3.63, 3.8) is 0 Å². The van der Waals surface area contributed by atoms with Crippen molar-refractivity contribution in [2.45, 2.75) is 44.1 Å². The van der Waals surface area contributed by atoms with Crippen LogP contribution >= 0.6 is 0 Å². The molecule has 2 aliphatic rings. The summed E-state index contributed by atoms with van der Waals surface area (Å²) in [4.78, 5) is 12.0. The molecule has 0 unspecified atom stereocenters. The van der Waals surface area contributed by atoms with Crippen LogP contribution in [0.5, 0.6) is 0 Å². The molecule has 1 heterocycles.